The summed E-state index contributed by atoms with van der Waals surface area (Å²) in [6.07, 6.45) is 5.17. The first-order valence-electron chi connectivity index (χ1n) is 6.07. The summed E-state index contributed by atoms with van der Waals surface area (Å²) < 4.78 is 5.11. The number of nitrogens with one attached hydrogen (secondary N) is 1. The van der Waals surface area contributed by atoms with Gasteiger partial charge < -0.3 is 9.73 Å². The van der Waals surface area contributed by atoms with E-state index < -0.39 is 0 Å². The minimum atomic E-state index is 0.156. The van der Waals surface area contributed by atoms with Gasteiger partial charge in [0.2, 0.25) is 0 Å². The summed E-state index contributed by atoms with van der Waals surface area (Å²) >= 11 is 6.16. The molecule has 0 saturated carbocycles. The van der Waals surface area contributed by atoms with Crippen LogP contribution in [0.2, 0.25) is 5.02 Å². The van der Waals surface area contributed by atoms with Gasteiger partial charge in [-0.05, 0) is 37.3 Å². The number of fused-ring (bicyclic) bond motifs is 1. The summed E-state index contributed by atoms with van der Waals surface area (Å²) in [7, 11) is 0. The van der Waals surface area contributed by atoms with Crippen LogP contribution in [0.25, 0.3) is 10.9 Å². The molecule has 1 aromatic carbocycles. The van der Waals surface area contributed by atoms with Crippen LogP contribution in [0, 0.1) is 0 Å². The number of benzene rings is 1. The van der Waals surface area contributed by atoms with Gasteiger partial charge in [-0.2, -0.15) is 0 Å². The fraction of sp³-hybridized carbons (Fsp3) is 0.133. The molecule has 2 heterocycles. The molecule has 3 nitrogen and oxygen atoms in total. The van der Waals surface area contributed by atoms with Crippen molar-refractivity contribution in [2.75, 3.05) is 5.32 Å². The lowest BCUT2D eigenvalue weighted by molar-refractivity contribution is 0.562. The molecule has 0 aliphatic carbocycles. The maximum atomic E-state index is 6.16. The molecular formula is C15H13ClN2O. The van der Waals surface area contributed by atoms with Crippen molar-refractivity contribution in [2.24, 2.45) is 0 Å². The molecule has 0 aliphatic heterocycles. The van der Waals surface area contributed by atoms with Crippen molar-refractivity contribution in [3.05, 3.63) is 59.6 Å². The van der Waals surface area contributed by atoms with Gasteiger partial charge in [-0.3, -0.25) is 4.98 Å². The van der Waals surface area contributed by atoms with E-state index in [4.69, 9.17) is 16.0 Å². The van der Waals surface area contributed by atoms with Gasteiger partial charge in [0, 0.05) is 22.8 Å². The molecule has 1 atom stereocenters. The summed E-state index contributed by atoms with van der Waals surface area (Å²) in [5.74, 6) is 0. The van der Waals surface area contributed by atoms with Crippen LogP contribution in [-0.4, -0.2) is 4.98 Å². The van der Waals surface area contributed by atoms with E-state index in [1.165, 1.54) is 0 Å². The molecule has 3 aromatic rings. The molecule has 2 aromatic heterocycles. The Labute approximate surface area is 116 Å². The number of rotatable bonds is 3. The maximum Gasteiger partial charge on any atom is 0.0955 e. The van der Waals surface area contributed by atoms with Crippen LogP contribution >= 0.6 is 11.6 Å². The highest BCUT2D eigenvalue weighted by Gasteiger charge is 2.10. The first-order valence-corrected chi connectivity index (χ1v) is 6.45. The van der Waals surface area contributed by atoms with Crippen LogP contribution in [0.3, 0.4) is 0 Å². The lowest BCUT2D eigenvalue weighted by Gasteiger charge is -2.15. The zero-order chi connectivity index (χ0) is 13.2. The largest absolute Gasteiger partial charge is 0.472 e. The minimum Gasteiger partial charge on any atom is -0.472 e. The Morgan fingerprint density at radius 2 is 2.16 bits per heavy atom. The molecule has 0 spiro atoms. The van der Waals surface area contributed by atoms with Gasteiger partial charge in [0.1, 0.15) is 0 Å². The SMILES string of the molecule is CC(Nc1ccc(Cl)c2ncccc12)c1ccoc1. The molecule has 0 amide bonds. The van der Waals surface area contributed by atoms with Crippen LogP contribution in [0.1, 0.15) is 18.5 Å². The van der Waals surface area contributed by atoms with Gasteiger partial charge in [-0.25, -0.2) is 0 Å². The molecule has 0 bridgehead atoms. The molecular weight excluding hydrogens is 260 g/mol. The van der Waals surface area contributed by atoms with Crippen LogP contribution in [0.15, 0.2) is 53.5 Å². The third kappa shape index (κ3) is 2.29. The van der Waals surface area contributed by atoms with Crippen molar-refractivity contribution >= 4 is 28.2 Å². The van der Waals surface area contributed by atoms with Gasteiger partial charge in [0.25, 0.3) is 0 Å². The number of furan rings is 1. The Bertz CT molecular complexity index is 694. The minimum absolute atomic E-state index is 0.156. The van der Waals surface area contributed by atoms with E-state index in [2.05, 4.69) is 17.2 Å². The van der Waals surface area contributed by atoms with Gasteiger partial charge in [0.05, 0.1) is 29.1 Å². The van der Waals surface area contributed by atoms with Crippen molar-refractivity contribution in [3.63, 3.8) is 0 Å². The fourth-order valence-corrected chi connectivity index (χ4v) is 2.32. The number of hydrogen-bond donors (Lipinski definition) is 1. The molecule has 0 aliphatic rings. The molecule has 0 saturated heterocycles. The summed E-state index contributed by atoms with van der Waals surface area (Å²) in [5.41, 5.74) is 2.93. The van der Waals surface area contributed by atoms with Crippen molar-refractivity contribution < 1.29 is 4.42 Å². The van der Waals surface area contributed by atoms with Gasteiger partial charge in [0.15, 0.2) is 0 Å². The number of hydrogen-bond acceptors (Lipinski definition) is 3. The molecule has 1 N–H and O–H groups in total. The topological polar surface area (TPSA) is 38.1 Å². The Hall–Kier alpha value is -2.00. The smallest absolute Gasteiger partial charge is 0.0955 e. The maximum absolute atomic E-state index is 6.16. The summed E-state index contributed by atoms with van der Waals surface area (Å²) in [4.78, 5) is 4.32. The van der Waals surface area contributed by atoms with Crippen LogP contribution < -0.4 is 5.32 Å². The van der Waals surface area contributed by atoms with E-state index in [0.717, 1.165) is 22.2 Å². The van der Waals surface area contributed by atoms with Gasteiger partial charge in [-0.15, -0.1) is 0 Å². The highest BCUT2D eigenvalue weighted by Crippen LogP contribution is 2.30. The molecule has 19 heavy (non-hydrogen) atoms. The monoisotopic (exact) mass is 272 g/mol. The zero-order valence-electron chi connectivity index (χ0n) is 10.4. The summed E-state index contributed by atoms with van der Waals surface area (Å²) in [6.45, 7) is 2.08. The van der Waals surface area contributed by atoms with Crippen LogP contribution in [-0.2, 0) is 0 Å². The number of nitrogens with zero attached hydrogens (tertiary/aromatic N) is 1. The second-order valence-electron chi connectivity index (χ2n) is 4.42. The van der Waals surface area contributed by atoms with Gasteiger partial charge in [-0.1, -0.05) is 11.6 Å². The number of pyridine rings is 1. The predicted octanol–water partition coefficient (Wildman–Crippen LogP) is 4.65. The lowest BCUT2D eigenvalue weighted by Crippen LogP contribution is -2.06. The number of halogens is 1. The predicted molar refractivity (Wildman–Crippen MR) is 77.5 cm³/mol. The quantitative estimate of drug-likeness (QED) is 0.754. The van der Waals surface area contributed by atoms with Crippen molar-refractivity contribution in [1.82, 2.24) is 4.98 Å². The number of anilines is 1. The van der Waals surface area contributed by atoms with E-state index >= 15 is 0 Å². The Balaban J connectivity index is 2.00. The second-order valence-corrected chi connectivity index (χ2v) is 4.82. The Kier molecular flexibility index (Phi) is 3.13. The van der Waals surface area contributed by atoms with E-state index in [0.29, 0.717) is 5.02 Å². The molecule has 96 valence electrons. The molecule has 0 fully saturated rings. The van der Waals surface area contributed by atoms with E-state index in [-0.39, 0.29) is 6.04 Å². The van der Waals surface area contributed by atoms with Crippen LogP contribution in [0.4, 0.5) is 5.69 Å². The highest BCUT2D eigenvalue weighted by molar-refractivity contribution is 6.35. The van der Waals surface area contributed by atoms with E-state index in [1.54, 1.807) is 18.7 Å². The Morgan fingerprint density at radius 1 is 1.26 bits per heavy atom. The lowest BCUT2D eigenvalue weighted by atomic mass is 10.1. The molecule has 4 heteroatoms. The third-order valence-electron chi connectivity index (χ3n) is 3.14. The Morgan fingerprint density at radius 3 is 2.95 bits per heavy atom. The average molecular weight is 273 g/mol. The molecule has 0 radical (unpaired) electrons. The van der Waals surface area contributed by atoms with E-state index in [1.807, 2.05) is 30.3 Å². The number of aromatic nitrogens is 1. The normalized spacial score (nSPS) is 12.5. The first kappa shape index (κ1) is 12.1. The summed E-state index contributed by atoms with van der Waals surface area (Å²) in [6, 6.07) is 9.87. The third-order valence-corrected chi connectivity index (χ3v) is 3.44. The molecule has 1 unspecified atom stereocenters. The second kappa shape index (κ2) is 4.94. The van der Waals surface area contributed by atoms with Crippen LogP contribution in [0.5, 0.6) is 0 Å². The highest BCUT2D eigenvalue weighted by atomic mass is 35.5. The van der Waals surface area contributed by atoms with Gasteiger partial charge >= 0.3 is 0 Å². The van der Waals surface area contributed by atoms with E-state index in [9.17, 15) is 0 Å². The van der Waals surface area contributed by atoms with Crippen molar-refractivity contribution in [3.8, 4) is 0 Å². The first-order chi connectivity index (χ1) is 9.25. The summed E-state index contributed by atoms with van der Waals surface area (Å²) in [5, 5.41) is 5.14. The fourth-order valence-electron chi connectivity index (χ4n) is 2.10. The van der Waals surface area contributed by atoms with Crippen molar-refractivity contribution in [1.29, 1.82) is 0 Å². The molecule has 3 rings (SSSR count). The zero-order valence-corrected chi connectivity index (χ0v) is 11.2. The van der Waals surface area contributed by atoms with Crippen molar-refractivity contribution in [2.45, 2.75) is 13.0 Å². The standard InChI is InChI=1S/C15H13ClN2O/c1-10(11-6-8-19-9-11)18-14-5-4-13(16)15-12(14)3-2-7-17-15/h2-10,18H,1H3. The average Bonchev–Trinajstić information content (AvgIpc) is 2.96.